The average Bonchev–Trinajstić information content (AvgIpc) is 2.95. The summed E-state index contributed by atoms with van der Waals surface area (Å²) in [4.78, 5) is 9.86. The molecule has 2 aromatic heterocycles. The van der Waals surface area contributed by atoms with Crippen molar-refractivity contribution < 1.29 is 4.74 Å². The molecule has 108 valence electrons. The number of nitrogens with one attached hydrogen (secondary N) is 2. The van der Waals surface area contributed by atoms with Gasteiger partial charge in [0.1, 0.15) is 16.4 Å². The highest BCUT2D eigenvalue weighted by molar-refractivity contribution is 9.10. The lowest BCUT2D eigenvalue weighted by molar-refractivity contribution is 0.415. The number of hydrogen-bond acceptors (Lipinski definition) is 6. The summed E-state index contributed by atoms with van der Waals surface area (Å²) in [6.07, 6.45) is 0. The highest BCUT2D eigenvalue weighted by Crippen LogP contribution is 2.31. The second kappa shape index (κ2) is 5.87. The summed E-state index contributed by atoms with van der Waals surface area (Å²) in [6.45, 7) is 0. The Bertz CT molecular complexity index is 790. The molecule has 0 saturated heterocycles. The normalized spacial score (nSPS) is 10.6. The van der Waals surface area contributed by atoms with Crippen molar-refractivity contribution in [2.24, 2.45) is 0 Å². The zero-order valence-electron chi connectivity index (χ0n) is 11.5. The molecule has 2 N–H and O–H groups in total. The van der Waals surface area contributed by atoms with Crippen LogP contribution in [-0.4, -0.2) is 24.1 Å². The van der Waals surface area contributed by atoms with Crippen LogP contribution in [0.25, 0.3) is 10.2 Å². The van der Waals surface area contributed by atoms with Gasteiger partial charge in [-0.15, -0.1) is 11.3 Å². The van der Waals surface area contributed by atoms with Gasteiger partial charge in [0, 0.05) is 23.3 Å². The summed E-state index contributed by atoms with van der Waals surface area (Å²) >= 11 is 5.06. The van der Waals surface area contributed by atoms with Crippen LogP contribution in [0.3, 0.4) is 0 Å². The van der Waals surface area contributed by atoms with Gasteiger partial charge in [0.25, 0.3) is 0 Å². The molecular formula is C14H13BrN4OS. The van der Waals surface area contributed by atoms with Crippen LogP contribution in [0, 0.1) is 0 Å². The molecule has 0 aliphatic carbocycles. The van der Waals surface area contributed by atoms with E-state index in [1.165, 1.54) is 0 Å². The third kappa shape index (κ3) is 2.93. The number of benzene rings is 1. The molecule has 0 amide bonds. The molecule has 2 heterocycles. The highest BCUT2D eigenvalue weighted by atomic mass is 79.9. The van der Waals surface area contributed by atoms with E-state index < -0.39 is 0 Å². The Kier molecular flexibility index (Phi) is 3.94. The number of thiophene rings is 1. The summed E-state index contributed by atoms with van der Waals surface area (Å²) < 4.78 is 6.22. The molecular weight excluding hydrogens is 352 g/mol. The first kappa shape index (κ1) is 14.1. The molecule has 0 radical (unpaired) electrons. The largest absolute Gasteiger partial charge is 0.497 e. The lowest BCUT2D eigenvalue weighted by Gasteiger charge is -2.10. The number of aromatic nitrogens is 2. The van der Waals surface area contributed by atoms with Crippen LogP contribution in [0.1, 0.15) is 0 Å². The van der Waals surface area contributed by atoms with Crippen molar-refractivity contribution >= 4 is 54.9 Å². The number of hydrogen-bond donors (Lipinski definition) is 2. The van der Waals surface area contributed by atoms with Gasteiger partial charge in [0.05, 0.1) is 12.5 Å². The van der Waals surface area contributed by atoms with Gasteiger partial charge >= 0.3 is 0 Å². The molecule has 3 rings (SSSR count). The molecule has 0 unspecified atom stereocenters. The molecule has 1 aromatic carbocycles. The van der Waals surface area contributed by atoms with Crippen LogP contribution in [-0.2, 0) is 0 Å². The van der Waals surface area contributed by atoms with E-state index in [0.29, 0.717) is 5.95 Å². The standard InChI is InChI=1S/C14H13BrN4OS/c1-16-14-18-12(11-3-4-21-13(11)19-14)17-9-5-8(15)6-10(7-9)20-2/h3-7H,1-2H3,(H2,16,17,18,19). The number of anilines is 3. The van der Waals surface area contributed by atoms with Crippen LogP contribution >= 0.6 is 27.3 Å². The minimum Gasteiger partial charge on any atom is -0.497 e. The molecule has 0 atom stereocenters. The maximum atomic E-state index is 5.28. The lowest BCUT2D eigenvalue weighted by atomic mass is 10.3. The van der Waals surface area contributed by atoms with E-state index in [4.69, 9.17) is 4.74 Å². The minimum absolute atomic E-state index is 0.592. The van der Waals surface area contributed by atoms with E-state index >= 15 is 0 Å². The second-order valence-corrected chi connectivity index (χ2v) is 6.10. The predicted octanol–water partition coefficient (Wildman–Crippen LogP) is 4.25. The topological polar surface area (TPSA) is 59.1 Å². The van der Waals surface area contributed by atoms with Crippen molar-refractivity contribution in [2.45, 2.75) is 0 Å². The van der Waals surface area contributed by atoms with Gasteiger partial charge in [-0.05, 0) is 23.6 Å². The molecule has 0 spiro atoms. The second-order valence-electron chi connectivity index (χ2n) is 4.29. The molecule has 0 aliphatic rings. The molecule has 21 heavy (non-hydrogen) atoms. The van der Waals surface area contributed by atoms with Gasteiger partial charge < -0.3 is 15.4 Å². The SMILES string of the molecule is CNc1nc(Nc2cc(Br)cc(OC)c2)c2ccsc2n1. The number of halogens is 1. The van der Waals surface area contributed by atoms with Crippen LogP contribution in [0.4, 0.5) is 17.5 Å². The molecule has 5 nitrogen and oxygen atoms in total. The Hall–Kier alpha value is -1.86. The zero-order chi connectivity index (χ0) is 14.8. The fourth-order valence-electron chi connectivity index (χ4n) is 1.95. The number of rotatable bonds is 4. The van der Waals surface area contributed by atoms with E-state index in [2.05, 4.69) is 36.5 Å². The van der Waals surface area contributed by atoms with E-state index in [-0.39, 0.29) is 0 Å². The summed E-state index contributed by atoms with van der Waals surface area (Å²) in [7, 11) is 3.45. The van der Waals surface area contributed by atoms with Crippen molar-refractivity contribution in [1.82, 2.24) is 9.97 Å². The van der Waals surface area contributed by atoms with Gasteiger partial charge in [-0.25, -0.2) is 4.98 Å². The summed E-state index contributed by atoms with van der Waals surface area (Å²) in [5.74, 6) is 2.14. The molecule has 0 fully saturated rings. The highest BCUT2D eigenvalue weighted by Gasteiger charge is 2.09. The fourth-order valence-corrected chi connectivity index (χ4v) is 3.19. The Balaban J connectivity index is 2.04. The molecule has 3 aromatic rings. The van der Waals surface area contributed by atoms with Crippen molar-refractivity contribution in [3.05, 3.63) is 34.1 Å². The van der Waals surface area contributed by atoms with E-state index in [1.807, 2.05) is 29.6 Å². The van der Waals surface area contributed by atoms with Crippen LogP contribution in [0.5, 0.6) is 5.75 Å². The van der Waals surface area contributed by atoms with Gasteiger partial charge in [0.15, 0.2) is 0 Å². The van der Waals surface area contributed by atoms with E-state index in [0.717, 1.165) is 31.9 Å². The van der Waals surface area contributed by atoms with Crippen molar-refractivity contribution in [2.75, 3.05) is 24.8 Å². The van der Waals surface area contributed by atoms with Crippen LogP contribution < -0.4 is 15.4 Å². The molecule has 7 heteroatoms. The van der Waals surface area contributed by atoms with E-state index in [1.54, 1.807) is 25.5 Å². The number of methoxy groups -OCH3 is 1. The molecule has 0 saturated carbocycles. The lowest BCUT2D eigenvalue weighted by Crippen LogP contribution is -2.01. The number of fused-ring (bicyclic) bond motifs is 1. The first-order valence-electron chi connectivity index (χ1n) is 6.24. The number of ether oxygens (including phenoxy) is 1. The van der Waals surface area contributed by atoms with Crippen molar-refractivity contribution in [1.29, 1.82) is 0 Å². The maximum Gasteiger partial charge on any atom is 0.225 e. The van der Waals surface area contributed by atoms with Crippen molar-refractivity contribution in [3.63, 3.8) is 0 Å². The summed E-state index contributed by atoms with van der Waals surface area (Å²) in [5, 5.41) is 9.31. The smallest absolute Gasteiger partial charge is 0.225 e. The molecule has 0 bridgehead atoms. The zero-order valence-corrected chi connectivity index (χ0v) is 13.9. The third-order valence-corrected chi connectivity index (χ3v) is 4.18. The summed E-state index contributed by atoms with van der Waals surface area (Å²) in [6, 6.07) is 7.81. The first-order chi connectivity index (χ1) is 10.2. The average molecular weight is 365 g/mol. The van der Waals surface area contributed by atoms with Gasteiger partial charge in [-0.2, -0.15) is 4.98 Å². The molecule has 0 aliphatic heterocycles. The monoisotopic (exact) mass is 364 g/mol. The first-order valence-corrected chi connectivity index (χ1v) is 7.91. The van der Waals surface area contributed by atoms with Crippen molar-refractivity contribution in [3.8, 4) is 5.75 Å². The van der Waals surface area contributed by atoms with Gasteiger partial charge in [0.2, 0.25) is 5.95 Å². The quantitative estimate of drug-likeness (QED) is 0.724. The van der Waals surface area contributed by atoms with Gasteiger partial charge in [-0.3, -0.25) is 0 Å². The Morgan fingerprint density at radius 2 is 2.10 bits per heavy atom. The fraction of sp³-hybridized carbons (Fsp3) is 0.143. The third-order valence-electron chi connectivity index (χ3n) is 2.92. The predicted molar refractivity (Wildman–Crippen MR) is 90.9 cm³/mol. The Morgan fingerprint density at radius 3 is 2.86 bits per heavy atom. The summed E-state index contributed by atoms with van der Waals surface area (Å²) in [5.41, 5.74) is 0.898. The number of nitrogens with zero attached hydrogens (tertiary/aromatic N) is 2. The Labute approximate surface area is 134 Å². The van der Waals surface area contributed by atoms with Crippen LogP contribution in [0.2, 0.25) is 0 Å². The Morgan fingerprint density at radius 1 is 1.24 bits per heavy atom. The minimum atomic E-state index is 0.592. The van der Waals surface area contributed by atoms with Crippen LogP contribution in [0.15, 0.2) is 34.1 Å². The maximum absolute atomic E-state index is 5.28. The van der Waals surface area contributed by atoms with Gasteiger partial charge in [-0.1, -0.05) is 15.9 Å². The van der Waals surface area contributed by atoms with E-state index in [9.17, 15) is 0 Å².